The van der Waals surface area contributed by atoms with Crippen molar-refractivity contribution < 1.29 is 0 Å². The van der Waals surface area contributed by atoms with Crippen LogP contribution in [0.5, 0.6) is 0 Å². The minimum Gasteiger partial charge on any atom is -0.0842 e. The van der Waals surface area contributed by atoms with Crippen molar-refractivity contribution in [2.24, 2.45) is 5.92 Å². The van der Waals surface area contributed by atoms with E-state index in [4.69, 9.17) is 0 Å². The summed E-state index contributed by atoms with van der Waals surface area (Å²) in [6.45, 7) is 2.28. The van der Waals surface area contributed by atoms with Crippen molar-refractivity contribution in [1.29, 1.82) is 0 Å². The second kappa shape index (κ2) is 9.69. The third-order valence-electron chi connectivity index (χ3n) is 3.43. The molecule has 0 aliphatic heterocycles. The van der Waals surface area contributed by atoms with Crippen LogP contribution in [-0.4, -0.2) is 0 Å². The fraction of sp³-hybridized carbons (Fsp3) is 0.750. The van der Waals surface area contributed by atoms with E-state index in [0.29, 0.717) is 0 Å². The summed E-state index contributed by atoms with van der Waals surface area (Å²) in [7, 11) is 0. The number of unbranched alkanes of at least 4 members (excludes halogenated alkanes) is 7. The van der Waals surface area contributed by atoms with Gasteiger partial charge in [0.2, 0.25) is 0 Å². The Bertz CT molecular complexity index is 188. The standard InChI is InChI=1S/C16H28/c1-2-3-4-5-6-7-8-10-13-16-14-11-9-12-15-16/h11-12,14-16H,2-10,13H2,1H3. The van der Waals surface area contributed by atoms with Gasteiger partial charge in [0, 0.05) is 0 Å². The normalized spacial score (nSPS) is 15.8. The molecule has 0 unspecified atom stereocenters. The number of hydrogen-bond acceptors (Lipinski definition) is 0. The summed E-state index contributed by atoms with van der Waals surface area (Å²) in [5.74, 6) is 0.744. The highest BCUT2D eigenvalue weighted by molar-refractivity contribution is 5.08. The van der Waals surface area contributed by atoms with Crippen molar-refractivity contribution in [3.05, 3.63) is 24.3 Å². The summed E-state index contributed by atoms with van der Waals surface area (Å²) < 4.78 is 0. The molecule has 0 heteroatoms. The van der Waals surface area contributed by atoms with Crippen molar-refractivity contribution in [2.45, 2.75) is 71.1 Å². The fourth-order valence-electron chi connectivity index (χ4n) is 2.36. The zero-order valence-corrected chi connectivity index (χ0v) is 11.0. The van der Waals surface area contributed by atoms with Gasteiger partial charge in [0.15, 0.2) is 0 Å². The molecule has 0 saturated heterocycles. The molecule has 0 saturated carbocycles. The van der Waals surface area contributed by atoms with Gasteiger partial charge in [-0.3, -0.25) is 0 Å². The predicted molar refractivity (Wildman–Crippen MR) is 73.6 cm³/mol. The lowest BCUT2D eigenvalue weighted by atomic mass is 9.96. The fourth-order valence-corrected chi connectivity index (χ4v) is 2.36. The van der Waals surface area contributed by atoms with E-state index in [-0.39, 0.29) is 0 Å². The second-order valence-corrected chi connectivity index (χ2v) is 5.02. The molecule has 0 heterocycles. The third-order valence-corrected chi connectivity index (χ3v) is 3.43. The Balaban J connectivity index is 1.82. The largest absolute Gasteiger partial charge is 0.0842 e. The summed E-state index contributed by atoms with van der Waals surface area (Å²) in [4.78, 5) is 0. The molecule has 0 nitrogen and oxygen atoms in total. The number of hydrogen-bond donors (Lipinski definition) is 0. The van der Waals surface area contributed by atoms with Crippen LogP contribution in [0.25, 0.3) is 0 Å². The highest BCUT2D eigenvalue weighted by Gasteiger charge is 2.01. The first-order valence-electron chi connectivity index (χ1n) is 7.27. The first-order chi connectivity index (χ1) is 7.93. The molecular weight excluding hydrogens is 192 g/mol. The third kappa shape index (κ3) is 6.87. The van der Waals surface area contributed by atoms with Gasteiger partial charge in [-0.25, -0.2) is 0 Å². The number of rotatable bonds is 9. The summed E-state index contributed by atoms with van der Waals surface area (Å²) in [6.07, 6.45) is 23.3. The Morgan fingerprint density at radius 3 is 2.00 bits per heavy atom. The topological polar surface area (TPSA) is 0 Å². The van der Waals surface area contributed by atoms with Crippen LogP contribution in [0.2, 0.25) is 0 Å². The molecule has 0 atom stereocenters. The molecule has 1 aliphatic carbocycles. The van der Waals surface area contributed by atoms with Gasteiger partial charge in [-0.1, -0.05) is 82.6 Å². The predicted octanol–water partition coefficient (Wildman–Crippen LogP) is 5.65. The smallest absolute Gasteiger partial charge is 0.00533 e. The van der Waals surface area contributed by atoms with Gasteiger partial charge in [-0.05, 0) is 18.8 Å². The van der Waals surface area contributed by atoms with Crippen molar-refractivity contribution in [3.63, 3.8) is 0 Å². The van der Waals surface area contributed by atoms with Crippen molar-refractivity contribution in [3.8, 4) is 0 Å². The highest BCUT2D eigenvalue weighted by atomic mass is 14.1. The second-order valence-electron chi connectivity index (χ2n) is 5.02. The van der Waals surface area contributed by atoms with E-state index >= 15 is 0 Å². The minimum atomic E-state index is 0.744. The molecule has 0 spiro atoms. The maximum absolute atomic E-state index is 2.38. The van der Waals surface area contributed by atoms with Gasteiger partial charge in [0.1, 0.15) is 0 Å². The molecule has 0 fully saturated rings. The van der Waals surface area contributed by atoms with Crippen LogP contribution < -0.4 is 0 Å². The lowest BCUT2D eigenvalue weighted by Gasteiger charge is -2.10. The van der Waals surface area contributed by atoms with Gasteiger partial charge in [-0.2, -0.15) is 0 Å². The molecule has 1 rings (SSSR count). The van der Waals surface area contributed by atoms with Crippen LogP contribution in [0.4, 0.5) is 0 Å². The van der Waals surface area contributed by atoms with E-state index < -0.39 is 0 Å². The monoisotopic (exact) mass is 220 g/mol. The van der Waals surface area contributed by atoms with E-state index in [0.717, 1.165) is 12.3 Å². The Morgan fingerprint density at radius 2 is 1.38 bits per heavy atom. The van der Waals surface area contributed by atoms with Crippen molar-refractivity contribution in [1.82, 2.24) is 0 Å². The lowest BCUT2D eigenvalue weighted by molar-refractivity contribution is 0.546. The van der Waals surface area contributed by atoms with E-state index in [9.17, 15) is 0 Å². The van der Waals surface area contributed by atoms with E-state index in [1.165, 1.54) is 57.8 Å². The maximum atomic E-state index is 2.38. The molecule has 0 radical (unpaired) electrons. The molecule has 92 valence electrons. The van der Waals surface area contributed by atoms with E-state index in [1.54, 1.807) is 0 Å². The van der Waals surface area contributed by atoms with Gasteiger partial charge < -0.3 is 0 Å². The highest BCUT2D eigenvalue weighted by Crippen LogP contribution is 2.18. The van der Waals surface area contributed by atoms with Crippen LogP contribution in [0.3, 0.4) is 0 Å². The molecule has 1 aliphatic rings. The first kappa shape index (κ1) is 13.5. The van der Waals surface area contributed by atoms with Crippen LogP contribution in [0.15, 0.2) is 24.3 Å². The summed E-state index contributed by atoms with van der Waals surface area (Å²) in [6, 6.07) is 0. The molecule has 16 heavy (non-hydrogen) atoms. The van der Waals surface area contributed by atoms with Crippen LogP contribution in [-0.2, 0) is 0 Å². The van der Waals surface area contributed by atoms with Crippen LogP contribution in [0.1, 0.15) is 71.1 Å². The molecular formula is C16H28. The summed E-state index contributed by atoms with van der Waals surface area (Å²) >= 11 is 0. The van der Waals surface area contributed by atoms with Gasteiger partial charge >= 0.3 is 0 Å². The Kier molecular flexibility index (Phi) is 8.20. The van der Waals surface area contributed by atoms with Crippen LogP contribution >= 0.6 is 0 Å². The SMILES string of the molecule is CCCCCCCCCCC1C=CCC=C1. The molecule has 0 bridgehead atoms. The summed E-state index contributed by atoms with van der Waals surface area (Å²) in [5.41, 5.74) is 0. The van der Waals surface area contributed by atoms with E-state index in [1.807, 2.05) is 0 Å². The Morgan fingerprint density at radius 1 is 0.812 bits per heavy atom. The zero-order valence-electron chi connectivity index (χ0n) is 11.0. The first-order valence-corrected chi connectivity index (χ1v) is 7.27. The van der Waals surface area contributed by atoms with Gasteiger partial charge in [0.25, 0.3) is 0 Å². The van der Waals surface area contributed by atoms with Crippen LogP contribution in [0, 0.1) is 5.92 Å². The molecule has 0 amide bonds. The summed E-state index contributed by atoms with van der Waals surface area (Å²) in [5, 5.41) is 0. The lowest BCUT2D eigenvalue weighted by Crippen LogP contribution is -1.94. The molecule has 0 aromatic carbocycles. The molecule has 0 aromatic rings. The quantitative estimate of drug-likeness (QED) is 0.348. The molecule has 0 N–H and O–H groups in total. The number of allylic oxidation sites excluding steroid dienone is 4. The maximum Gasteiger partial charge on any atom is -0.00533 e. The molecule has 0 aromatic heterocycles. The Labute approximate surface area is 102 Å². The minimum absolute atomic E-state index is 0.744. The average Bonchev–Trinajstić information content (AvgIpc) is 2.34. The zero-order chi connectivity index (χ0) is 11.5. The van der Waals surface area contributed by atoms with Gasteiger partial charge in [-0.15, -0.1) is 0 Å². The Hall–Kier alpha value is -0.520. The van der Waals surface area contributed by atoms with Gasteiger partial charge in [0.05, 0.1) is 0 Å². The van der Waals surface area contributed by atoms with Crippen molar-refractivity contribution in [2.75, 3.05) is 0 Å². The van der Waals surface area contributed by atoms with E-state index in [2.05, 4.69) is 31.2 Å². The van der Waals surface area contributed by atoms with Crippen molar-refractivity contribution >= 4 is 0 Å². The average molecular weight is 220 g/mol.